The van der Waals surface area contributed by atoms with E-state index in [1.807, 2.05) is 19.9 Å². The lowest BCUT2D eigenvalue weighted by Gasteiger charge is -2.09. The summed E-state index contributed by atoms with van der Waals surface area (Å²) in [5.74, 6) is -0.157. The van der Waals surface area contributed by atoms with E-state index in [1.165, 1.54) is 11.0 Å². The number of carbonyl (C=O) groups excluding carboxylic acids is 2. The van der Waals surface area contributed by atoms with Crippen LogP contribution >= 0.6 is 27.7 Å². The van der Waals surface area contributed by atoms with E-state index in [0.717, 1.165) is 22.9 Å². The van der Waals surface area contributed by atoms with Gasteiger partial charge in [-0.3, -0.25) is 14.5 Å². The summed E-state index contributed by atoms with van der Waals surface area (Å²) >= 11 is 4.15. The molecule has 1 N–H and O–H groups in total. The molecule has 4 nitrogen and oxygen atoms in total. The van der Waals surface area contributed by atoms with E-state index in [1.54, 1.807) is 18.2 Å². The van der Waals surface area contributed by atoms with Gasteiger partial charge in [0.05, 0.1) is 9.38 Å². The average molecular weight is 368 g/mol. The van der Waals surface area contributed by atoms with Crippen molar-refractivity contribution in [2.45, 2.75) is 13.8 Å². The van der Waals surface area contributed by atoms with Crippen molar-refractivity contribution in [2.75, 3.05) is 6.54 Å². The number of imide groups is 1. The van der Waals surface area contributed by atoms with Crippen LogP contribution in [0.5, 0.6) is 5.75 Å². The summed E-state index contributed by atoms with van der Waals surface area (Å²) in [5, 5.41) is 9.19. The van der Waals surface area contributed by atoms with Gasteiger partial charge in [0.15, 0.2) is 0 Å². The van der Waals surface area contributed by atoms with Crippen LogP contribution in [0.2, 0.25) is 0 Å². The molecule has 1 fully saturated rings. The third-order valence-electron chi connectivity index (χ3n) is 2.83. The number of phenols is 1. The van der Waals surface area contributed by atoms with Gasteiger partial charge < -0.3 is 5.11 Å². The van der Waals surface area contributed by atoms with Crippen LogP contribution in [0.25, 0.3) is 6.08 Å². The lowest BCUT2D eigenvalue weighted by molar-refractivity contribution is -0.122. The number of benzene rings is 1. The lowest BCUT2D eigenvalue weighted by atomic mass is 10.2. The van der Waals surface area contributed by atoms with Crippen LogP contribution in [0.15, 0.2) is 39.2 Å². The minimum Gasteiger partial charge on any atom is -0.507 e. The molecule has 1 aromatic carbocycles. The Morgan fingerprint density at radius 3 is 2.71 bits per heavy atom. The Kier molecular flexibility index (Phi) is 4.90. The van der Waals surface area contributed by atoms with E-state index in [0.29, 0.717) is 15.9 Å². The summed E-state index contributed by atoms with van der Waals surface area (Å²) in [5.41, 5.74) is 1.80. The summed E-state index contributed by atoms with van der Waals surface area (Å²) < 4.78 is 0.542. The van der Waals surface area contributed by atoms with Gasteiger partial charge >= 0.3 is 0 Å². The molecule has 0 unspecified atom stereocenters. The fraction of sp³-hybridized carbons (Fsp3) is 0.200. The third kappa shape index (κ3) is 3.77. The maximum Gasteiger partial charge on any atom is 0.293 e. The van der Waals surface area contributed by atoms with E-state index in [-0.39, 0.29) is 16.9 Å². The van der Waals surface area contributed by atoms with Crippen LogP contribution in [0, 0.1) is 0 Å². The van der Waals surface area contributed by atoms with Crippen molar-refractivity contribution in [3.8, 4) is 5.75 Å². The van der Waals surface area contributed by atoms with Crippen LogP contribution in [-0.2, 0) is 4.79 Å². The van der Waals surface area contributed by atoms with Gasteiger partial charge in [-0.1, -0.05) is 17.7 Å². The molecule has 1 aliphatic rings. The van der Waals surface area contributed by atoms with E-state index in [4.69, 9.17) is 0 Å². The number of amides is 2. The number of nitrogens with zero attached hydrogens (tertiary/aromatic N) is 1. The maximum absolute atomic E-state index is 12.2. The second-order valence-electron chi connectivity index (χ2n) is 4.78. The lowest BCUT2D eigenvalue weighted by Crippen LogP contribution is -2.28. The van der Waals surface area contributed by atoms with Crippen molar-refractivity contribution in [3.63, 3.8) is 0 Å². The zero-order valence-corrected chi connectivity index (χ0v) is 14.0. The second kappa shape index (κ2) is 6.49. The Labute approximate surface area is 135 Å². The van der Waals surface area contributed by atoms with Gasteiger partial charge in [0.1, 0.15) is 5.75 Å². The Hall–Kier alpha value is -1.53. The molecule has 2 amide bonds. The first kappa shape index (κ1) is 15.9. The highest BCUT2D eigenvalue weighted by Gasteiger charge is 2.34. The first-order valence-corrected chi connectivity index (χ1v) is 7.86. The topological polar surface area (TPSA) is 57.6 Å². The first-order valence-electron chi connectivity index (χ1n) is 6.25. The summed E-state index contributed by atoms with van der Waals surface area (Å²) in [4.78, 5) is 25.7. The summed E-state index contributed by atoms with van der Waals surface area (Å²) in [7, 11) is 0. The van der Waals surface area contributed by atoms with Crippen LogP contribution < -0.4 is 0 Å². The average Bonchev–Trinajstić information content (AvgIpc) is 2.67. The van der Waals surface area contributed by atoms with Crippen molar-refractivity contribution in [1.82, 2.24) is 4.90 Å². The minimum atomic E-state index is -0.285. The number of hydrogen-bond acceptors (Lipinski definition) is 4. The van der Waals surface area contributed by atoms with Gasteiger partial charge in [-0.05, 0) is 65.3 Å². The van der Waals surface area contributed by atoms with Crippen molar-refractivity contribution in [2.24, 2.45) is 0 Å². The van der Waals surface area contributed by atoms with Crippen LogP contribution in [0.3, 0.4) is 0 Å². The summed E-state index contributed by atoms with van der Waals surface area (Å²) in [6, 6.07) is 4.91. The fourth-order valence-electron chi connectivity index (χ4n) is 1.70. The second-order valence-corrected chi connectivity index (χ2v) is 6.63. The summed E-state index contributed by atoms with van der Waals surface area (Å²) in [6.45, 7) is 4.13. The van der Waals surface area contributed by atoms with Gasteiger partial charge in [-0.25, -0.2) is 0 Å². The Bertz CT molecular complexity index is 663. The Morgan fingerprint density at radius 1 is 1.38 bits per heavy atom. The number of rotatable bonds is 3. The molecule has 0 spiro atoms. The number of thioether (sulfide) groups is 1. The van der Waals surface area contributed by atoms with Crippen LogP contribution in [0.1, 0.15) is 19.4 Å². The quantitative estimate of drug-likeness (QED) is 0.643. The van der Waals surface area contributed by atoms with E-state index < -0.39 is 0 Å². The number of phenolic OH excluding ortho intramolecular Hbond substituents is 1. The molecule has 1 aromatic rings. The highest BCUT2D eigenvalue weighted by Crippen LogP contribution is 2.33. The predicted molar refractivity (Wildman–Crippen MR) is 87.9 cm³/mol. The molecule has 1 aliphatic heterocycles. The molecular weight excluding hydrogens is 354 g/mol. The van der Waals surface area contributed by atoms with E-state index in [9.17, 15) is 14.7 Å². The smallest absolute Gasteiger partial charge is 0.293 e. The zero-order chi connectivity index (χ0) is 15.6. The van der Waals surface area contributed by atoms with Crippen molar-refractivity contribution >= 4 is 44.9 Å². The number of carbonyl (C=O) groups is 2. The third-order valence-corrected chi connectivity index (χ3v) is 4.37. The molecule has 0 saturated carbocycles. The molecule has 0 atom stereocenters. The van der Waals surface area contributed by atoms with Crippen molar-refractivity contribution < 1.29 is 14.7 Å². The normalized spacial score (nSPS) is 16.7. The van der Waals surface area contributed by atoms with Gasteiger partial charge in [-0.2, -0.15) is 0 Å². The van der Waals surface area contributed by atoms with Gasteiger partial charge in [0.25, 0.3) is 11.1 Å². The Balaban J connectivity index is 2.23. The SMILES string of the molecule is CC(C)=CCN1C(=O)SC(=Cc2ccc(O)c(Br)c2)C1=O. The summed E-state index contributed by atoms with van der Waals surface area (Å²) in [6.07, 6.45) is 3.49. The standard InChI is InChI=1S/C15H14BrNO3S/c1-9(2)5-6-17-14(19)13(21-15(17)20)8-10-3-4-12(18)11(16)7-10/h3-5,7-8,18H,6H2,1-2H3. The molecular formula is C15H14BrNO3S. The monoisotopic (exact) mass is 367 g/mol. The number of aromatic hydroxyl groups is 1. The maximum atomic E-state index is 12.2. The van der Waals surface area contributed by atoms with E-state index >= 15 is 0 Å². The molecule has 0 aromatic heterocycles. The molecule has 2 rings (SSSR count). The predicted octanol–water partition coefficient (Wildman–Crippen LogP) is 4.16. The molecule has 6 heteroatoms. The number of halogens is 1. The van der Waals surface area contributed by atoms with Gasteiger partial charge in [0.2, 0.25) is 0 Å². The largest absolute Gasteiger partial charge is 0.507 e. The molecule has 0 aliphatic carbocycles. The van der Waals surface area contributed by atoms with Crippen molar-refractivity contribution in [1.29, 1.82) is 0 Å². The highest BCUT2D eigenvalue weighted by atomic mass is 79.9. The molecule has 0 bridgehead atoms. The molecule has 1 saturated heterocycles. The molecule has 1 heterocycles. The number of hydrogen-bond donors (Lipinski definition) is 1. The molecule has 0 radical (unpaired) electrons. The first-order chi connectivity index (χ1) is 9.88. The number of allylic oxidation sites excluding steroid dienone is 1. The highest BCUT2D eigenvalue weighted by molar-refractivity contribution is 9.10. The van der Waals surface area contributed by atoms with Crippen molar-refractivity contribution in [3.05, 3.63) is 44.8 Å². The Morgan fingerprint density at radius 2 is 2.10 bits per heavy atom. The van der Waals surface area contributed by atoms with Crippen LogP contribution in [0.4, 0.5) is 4.79 Å². The van der Waals surface area contributed by atoms with E-state index in [2.05, 4.69) is 15.9 Å². The van der Waals surface area contributed by atoms with Gasteiger partial charge in [-0.15, -0.1) is 0 Å². The van der Waals surface area contributed by atoms with Crippen LogP contribution in [-0.4, -0.2) is 27.7 Å². The fourth-order valence-corrected chi connectivity index (χ4v) is 2.94. The minimum absolute atomic E-state index is 0.129. The van der Waals surface area contributed by atoms with Gasteiger partial charge in [0, 0.05) is 6.54 Å². The molecule has 110 valence electrons. The zero-order valence-electron chi connectivity index (χ0n) is 11.6. The molecule has 21 heavy (non-hydrogen) atoms.